The first-order valence-corrected chi connectivity index (χ1v) is 5.74. The van der Waals surface area contributed by atoms with Gasteiger partial charge >= 0.3 is 0 Å². The van der Waals surface area contributed by atoms with Gasteiger partial charge in [-0.25, -0.2) is 9.55 Å². The minimum absolute atomic E-state index is 0.176. The van der Waals surface area contributed by atoms with Gasteiger partial charge in [-0.15, -0.1) is 0 Å². The van der Waals surface area contributed by atoms with Crippen molar-refractivity contribution in [3.05, 3.63) is 54.5 Å². The highest BCUT2D eigenvalue weighted by Crippen LogP contribution is 2.17. The number of carbonyl (C=O) groups excluding carboxylic acids is 1. The van der Waals surface area contributed by atoms with Crippen molar-refractivity contribution in [3.8, 4) is 0 Å². The largest absolute Gasteiger partial charge is 0.465 e. The van der Waals surface area contributed by atoms with Crippen LogP contribution in [0.5, 0.6) is 0 Å². The Kier molecular flexibility index (Phi) is 2.64. The normalized spacial score (nSPS) is 11.4. The summed E-state index contributed by atoms with van der Waals surface area (Å²) in [5, 5.41) is 0. The summed E-state index contributed by atoms with van der Waals surface area (Å²) in [4.78, 5) is 16.3. The molecule has 2 N–H and O–H groups in total. The van der Waals surface area contributed by atoms with Gasteiger partial charge in [0.15, 0.2) is 0 Å². The van der Waals surface area contributed by atoms with Crippen molar-refractivity contribution in [1.82, 2.24) is 9.55 Å². The molecule has 0 unspecified atom stereocenters. The molecule has 5 nitrogen and oxygen atoms in total. The summed E-state index contributed by atoms with van der Waals surface area (Å²) in [6.45, 7) is 0. The van der Waals surface area contributed by atoms with Crippen molar-refractivity contribution in [2.75, 3.05) is 5.73 Å². The minimum Gasteiger partial charge on any atom is -0.465 e. The van der Waals surface area contributed by atoms with Gasteiger partial charge in [0.1, 0.15) is 5.76 Å². The molecule has 2 heterocycles. The molecule has 1 aromatic carbocycles. The zero-order valence-electron chi connectivity index (χ0n) is 9.98. The number of nitrogens with zero attached hydrogens (tertiary/aromatic N) is 2. The lowest BCUT2D eigenvalue weighted by Gasteiger charge is -2.00. The number of para-hydroxylation sites is 2. The van der Waals surface area contributed by atoms with Crippen LogP contribution in [0.25, 0.3) is 17.1 Å². The molecule has 3 aromatic rings. The van der Waals surface area contributed by atoms with Crippen molar-refractivity contribution >= 4 is 29.0 Å². The fourth-order valence-corrected chi connectivity index (χ4v) is 1.89. The Morgan fingerprint density at radius 3 is 2.89 bits per heavy atom. The van der Waals surface area contributed by atoms with Crippen LogP contribution < -0.4 is 5.73 Å². The zero-order chi connectivity index (χ0) is 13.2. The Labute approximate surface area is 109 Å². The summed E-state index contributed by atoms with van der Waals surface area (Å²) in [5.74, 6) is 0.522. The van der Waals surface area contributed by atoms with Crippen molar-refractivity contribution in [2.24, 2.45) is 0 Å². The number of hydrogen-bond acceptors (Lipinski definition) is 4. The number of fused-ring (bicyclic) bond motifs is 1. The maximum absolute atomic E-state index is 12.2. The van der Waals surface area contributed by atoms with E-state index in [0.29, 0.717) is 16.8 Å². The van der Waals surface area contributed by atoms with Crippen LogP contribution in [0.15, 0.2) is 53.2 Å². The first kappa shape index (κ1) is 11.3. The van der Waals surface area contributed by atoms with E-state index in [1.165, 1.54) is 10.6 Å². The molecule has 0 fully saturated rings. The van der Waals surface area contributed by atoms with Crippen LogP contribution in [0.3, 0.4) is 0 Å². The van der Waals surface area contributed by atoms with Crippen molar-refractivity contribution < 1.29 is 9.21 Å². The van der Waals surface area contributed by atoms with Gasteiger partial charge in [-0.1, -0.05) is 12.1 Å². The molecule has 0 aliphatic rings. The van der Waals surface area contributed by atoms with E-state index in [4.69, 9.17) is 10.2 Å². The molecular weight excluding hydrogens is 242 g/mol. The average molecular weight is 253 g/mol. The second-order valence-corrected chi connectivity index (χ2v) is 3.98. The van der Waals surface area contributed by atoms with Crippen molar-refractivity contribution in [1.29, 1.82) is 0 Å². The summed E-state index contributed by atoms with van der Waals surface area (Å²) < 4.78 is 6.49. The van der Waals surface area contributed by atoms with Crippen LogP contribution in [0, 0.1) is 0 Å². The van der Waals surface area contributed by atoms with Gasteiger partial charge < -0.3 is 10.2 Å². The van der Waals surface area contributed by atoms with E-state index in [9.17, 15) is 4.79 Å². The number of carbonyl (C=O) groups is 1. The first-order chi connectivity index (χ1) is 9.25. The molecule has 0 amide bonds. The number of benzene rings is 1. The molecule has 0 saturated heterocycles. The fraction of sp³-hybridized carbons (Fsp3) is 0. The fourth-order valence-electron chi connectivity index (χ4n) is 1.89. The van der Waals surface area contributed by atoms with Gasteiger partial charge in [0.25, 0.3) is 5.91 Å². The molecule has 0 atom stereocenters. The van der Waals surface area contributed by atoms with Gasteiger partial charge in [0.2, 0.25) is 5.95 Å². The standard InChI is InChI=1S/C14H11N3O2/c15-14-16-11-5-1-2-6-12(11)17(14)13(18)8-7-10-4-3-9-19-10/h1-9H,(H2,15,16). The molecule has 2 aromatic heterocycles. The van der Waals surface area contributed by atoms with Gasteiger partial charge in [-0.05, 0) is 30.3 Å². The Morgan fingerprint density at radius 1 is 1.26 bits per heavy atom. The number of allylic oxidation sites excluding steroid dienone is 1. The molecule has 0 spiro atoms. The maximum atomic E-state index is 12.2. The lowest BCUT2D eigenvalue weighted by Crippen LogP contribution is -2.10. The minimum atomic E-state index is -0.261. The molecule has 0 saturated carbocycles. The quantitative estimate of drug-likeness (QED) is 0.712. The predicted molar refractivity (Wildman–Crippen MR) is 72.5 cm³/mol. The number of furan rings is 1. The summed E-state index contributed by atoms with van der Waals surface area (Å²) in [6, 6.07) is 10.8. The van der Waals surface area contributed by atoms with E-state index in [0.717, 1.165) is 0 Å². The highest BCUT2D eigenvalue weighted by molar-refractivity contribution is 6.01. The Morgan fingerprint density at radius 2 is 2.11 bits per heavy atom. The lowest BCUT2D eigenvalue weighted by molar-refractivity contribution is 0.0976. The predicted octanol–water partition coefficient (Wildman–Crippen LogP) is 2.57. The monoisotopic (exact) mass is 253 g/mol. The van der Waals surface area contributed by atoms with Crippen LogP contribution in [0.1, 0.15) is 10.6 Å². The second-order valence-electron chi connectivity index (χ2n) is 3.98. The lowest BCUT2D eigenvalue weighted by atomic mass is 10.3. The smallest absolute Gasteiger partial charge is 0.258 e. The van der Waals surface area contributed by atoms with E-state index in [1.807, 2.05) is 18.2 Å². The highest BCUT2D eigenvalue weighted by atomic mass is 16.3. The SMILES string of the molecule is Nc1nc2ccccc2n1C(=O)C=Cc1ccco1. The Balaban J connectivity index is 2.00. The van der Waals surface area contributed by atoms with Gasteiger partial charge in [0.05, 0.1) is 17.3 Å². The molecular formula is C14H11N3O2. The summed E-state index contributed by atoms with van der Waals surface area (Å²) in [7, 11) is 0. The number of anilines is 1. The summed E-state index contributed by atoms with van der Waals surface area (Å²) in [5.41, 5.74) is 7.16. The molecule has 3 rings (SSSR count). The third-order valence-corrected chi connectivity index (χ3v) is 2.74. The van der Waals surface area contributed by atoms with Crippen LogP contribution in [-0.4, -0.2) is 15.5 Å². The molecule has 0 aliphatic heterocycles. The summed E-state index contributed by atoms with van der Waals surface area (Å²) >= 11 is 0. The van der Waals surface area contributed by atoms with Crippen LogP contribution in [-0.2, 0) is 0 Å². The van der Waals surface area contributed by atoms with E-state index in [2.05, 4.69) is 4.98 Å². The van der Waals surface area contributed by atoms with Crippen molar-refractivity contribution in [2.45, 2.75) is 0 Å². The molecule has 19 heavy (non-hydrogen) atoms. The topological polar surface area (TPSA) is 74.0 Å². The van der Waals surface area contributed by atoms with E-state index in [1.54, 1.807) is 30.5 Å². The third-order valence-electron chi connectivity index (χ3n) is 2.74. The average Bonchev–Trinajstić information content (AvgIpc) is 3.02. The van der Waals surface area contributed by atoms with E-state index in [-0.39, 0.29) is 11.9 Å². The zero-order valence-corrected chi connectivity index (χ0v) is 9.98. The van der Waals surface area contributed by atoms with E-state index < -0.39 is 0 Å². The first-order valence-electron chi connectivity index (χ1n) is 5.74. The van der Waals surface area contributed by atoms with Crippen LogP contribution in [0.4, 0.5) is 5.95 Å². The number of hydrogen-bond donors (Lipinski definition) is 1. The van der Waals surface area contributed by atoms with Crippen LogP contribution >= 0.6 is 0 Å². The number of rotatable bonds is 2. The second kappa shape index (κ2) is 4.45. The van der Waals surface area contributed by atoms with Gasteiger partial charge in [-0.2, -0.15) is 0 Å². The number of imidazole rings is 1. The van der Waals surface area contributed by atoms with Gasteiger partial charge in [-0.3, -0.25) is 4.79 Å². The Hall–Kier alpha value is -2.82. The highest BCUT2D eigenvalue weighted by Gasteiger charge is 2.11. The third kappa shape index (κ3) is 2.01. The van der Waals surface area contributed by atoms with E-state index >= 15 is 0 Å². The van der Waals surface area contributed by atoms with Gasteiger partial charge in [0, 0.05) is 6.08 Å². The molecule has 0 radical (unpaired) electrons. The summed E-state index contributed by atoms with van der Waals surface area (Å²) in [6.07, 6.45) is 4.55. The Bertz CT molecular complexity index is 754. The molecule has 0 aliphatic carbocycles. The van der Waals surface area contributed by atoms with Crippen molar-refractivity contribution in [3.63, 3.8) is 0 Å². The number of nitrogens with two attached hydrogens (primary N) is 1. The molecule has 94 valence electrons. The maximum Gasteiger partial charge on any atom is 0.258 e. The number of nitrogen functional groups attached to an aromatic ring is 1. The number of aromatic nitrogens is 2. The molecule has 0 bridgehead atoms. The molecule has 5 heteroatoms. The van der Waals surface area contributed by atoms with Crippen LogP contribution in [0.2, 0.25) is 0 Å².